The maximum Gasteiger partial charge on any atom is 0.573 e. The van der Waals surface area contributed by atoms with E-state index >= 15 is 0 Å². The van der Waals surface area contributed by atoms with Gasteiger partial charge >= 0.3 is 6.36 Å². The highest BCUT2D eigenvalue weighted by molar-refractivity contribution is 6.09. The van der Waals surface area contributed by atoms with Crippen LogP contribution in [0.2, 0.25) is 0 Å². The lowest BCUT2D eigenvalue weighted by molar-refractivity contribution is -0.274. The van der Waals surface area contributed by atoms with Crippen LogP contribution in [0.5, 0.6) is 5.75 Å². The first kappa shape index (κ1) is 16.3. The Bertz CT molecular complexity index is 706. The molecule has 1 aromatic heterocycles. The lowest BCUT2D eigenvalue weighted by Crippen LogP contribution is -2.17. The predicted molar refractivity (Wildman–Crippen MR) is 70.5 cm³/mol. The molecule has 0 bridgehead atoms. The summed E-state index contributed by atoms with van der Waals surface area (Å²) in [4.78, 5) is 11.7. The Morgan fingerprint density at radius 1 is 1.32 bits per heavy atom. The second-order valence-electron chi connectivity index (χ2n) is 4.60. The molecule has 120 valence electrons. The van der Waals surface area contributed by atoms with Crippen LogP contribution in [0.1, 0.15) is 17.3 Å². The third kappa shape index (κ3) is 3.22. The van der Waals surface area contributed by atoms with Crippen molar-refractivity contribution in [2.24, 2.45) is 0 Å². The van der Waals surface area contributed by atoms with Crippen molar-refractivity contribution in [1.29, 1.82) is 0 Å². The fourth-order valence-corrected chi connectivity index (χ4v) is 2.22. The van der Waals surface area contributed by atoms with E-state index in [1.807, 2.05) is 0 Å². The number of fused-ring (bicyclic) bond motifs is 1. The third-order valence-electron chi connectivity index (χ3n) is 3.07. The third-order valence-corrected chi connectivity index (χ3v) is 3.07. The number of aromatic nitrogens is 1. The molecule has 1 aromatic carbocycles. The number of ether oxygens (including phenoxy) is 2. The second kappa shape index (κ2) is 5.96. The lowest BCUT2D eigenvalue weighted by atomic mass is 10.1. The molecular formula is C14H13F4NO3. The summed E-state index contributed by atoms with van der Waals surface area (Å²) in [5.41, 5.74) is -0.158. The molecule has 0 N–H and O–H groups in total. The zero-order valence-electron chi connectivity index (χ0n) is 11.8. The van der Waals surface area contributed by atoms with E-state index in [4.69, 9.17) is 4.74 Å². The molecule has 8 heteroatoms. The number of carbonyl (C=O) groups excluding carboxylic acids is 1. The molecule has 2 rings (SSSR count). The van der Waals surface area contributed by atoms with Crippen LogP contribution in [0, 0.1) is 5.82 Å². The SMILES string of the molecule is COCCn1cc(C(C)=O)c2c(OC(F)(F)F)ccc(F)c21. The molecule has 0 aliphatic carbocycles. The first-order valence-electron chi connectivity index (χ1n) is 6.31. The van der Waals surface area contributed by atoms with E-state index in [1.165, 1.54) is 24.8 Å². The van der Waals surface area contributed by atoms with Gasteiger partial charge in [0.2, 0.25) is 0 Å². The number of alkyl halides is 3. The molecule has 0 spiro atoms. The molecule has 0 atom stereocenters. The fraction of sp³-hybridized carbons (Fsp3) is 0.357. The number of rotatable bonds is 5. The van der Waals surface area contributed by atoms with Gasteiger partial charge in [-0.05, 0) is 19.1 Å². The Balaban J connectivity index is 2.70. The van der Waals surface area contributed by atoms with E-state index in [1.54, 1.807) is 0 Å². The van der Waals surface area contributed by atoms with Gasteiger partial charge < -0.3 is 14.0 Å². The Labute approximate surface area is 123 Å². The largest absolute Gasteiger partial charge is 0.573 e. The summed E-state index contributed by atoms with van der Waals surface area (Å²) in [7, 11) is 1.44. The molecular weight excluding hydrogens is 306 g/mol. The van der Waals surface area contributed by atoms with Gasteiger partial charge in [-0.2, -0.15) is 0 Å². The van der Waals surface area contributed by atoms with Crippen LogP contribution in [0.15, 0.2) is 18.3 Å². The molecule has 0 saturated heterocycles. The van der Waals surface area contributed by atoms with Crippen LogP contribution in [-0.4, -0.2) is 30.4 Å². The summed E-state index contributed by atoms with van der Waals surface area (Å²) < 4.78 is 61.6. The Hall–Kier alpha value is -2.09. The van der Waals surface area contributed by atoms with Crippen molar-refractivity contribution in [1.82, 2.24) is 4.57 Å². The number of methoxy groups -OCH3 is 1. The number of nitrogens with zero attached hydrogens (tertiary/aromatic N) is 1. The highest BCUT2D eigenvalue weighted by atomic mass is 19.4. The van der Waals surface area contributed by atoms with Crippen molar-refractivity contribution >= 4 is 16.7 Å². The van der Waals surface area contributed by atoms with Crippen LogP contribution in [0.4, 0.5) is 17.6 Å². The smallest absolute Gasteiger partial charge is 0.405 e. The number of benzene rings is 1. The Kier molecular flexibility index (Phi) is 4.41. The Morgan fingerprint density at radius 2 is 2.00 bits per heavy atom. The number of halogens is 4. The number of Topliss-reactive ketones (excluding diaryl/α,β-unsaturated/α-hetero) is 1. The van der Waals surface area contributed by atoms with Crippen molar-refractivity contribution in [2.75, 3.05) is 13.7 Å². The fourth-order valence-electron chi connectivity index (χ4n) is 2.22. The molecule has 22 heavy (non-hydrogen) atoms. The topological polar surface area (TPSA) is 40.5 Å². The van der Waals surface area contributed by atoms with E-state index in [0.29, 0.717) is 0 Å². The highest BCUT2D eigenvalue weighted by Crippen LogP contribution is 2.36. The minimum Gasteiger partial charge on any atom is -0.405 e. The first-order chi connectivity index (χ1) is 10.2. The summed E-state index contributed by atoms with van der Waals surface area (Å²) in [5, 5.41) is -0.194. The summed E-state index contributed by atoms with van der Waals surface area (Å²) in [5.74, 6) is -1.84. The molecule has 0 saturated carbocycles. The molecule has 0 aliphatic rings. The molecule has 0 aliphatic heterocycles. The van der Waals surface area contributed by atoms with Gasteiger partial charge in [0, 0.05) is 25.4 Å². The molecule has 1 heterocycles. The zero-order chi connectivity index (χ0) is 16.5. The van der Waals surface area contributed by atoms with E-state index in [2.05, 4.69) is 4.74 Å². The van der Waals surface area contributed by atoms with E-state index in [0.717, 1.165) is 12.1 Å². The van der Waals surface area contributed by atoms with Crippen LogP contribution in [0.3, 0.4) is 0 Å². The minimum absolute atomic E-state index is 0.0372. The van der Waals surface area contributed by atoms with Gasteiger partial charge in [-0.1, -0.05) is 0 Å². The first-order valence-corrected chi connectivity index (χ1v) is 6.31. The number of hydrogen-bond acceptors (Lipinski definition) is 3. The quantitative estimate of drug-likeness (QED) is 0.625. The van der Waals surface area contributed by atoms with Crippen molar-refractivity contribution in [3.05, 3.63) is 29.7 Å². The maximum absolute atomic E-state index is 14.1. The molecule has 0 fully saturated rings. The summed E-state index contributed by atoms with van der Waals surface area (Å²) in [6.07, 6.45) is -3.63. The van der Waals surface area contributed by atoms with Crippen molar-refractivity contribution in [2.45, 2.75) is 19.8 Å². The summed E-state index contributed by atoms with van der Waals surface area (Å²) >= 11 is 0. The van der Waals surface area contributed by atoms with Crippen molar-refractivity contribution < 1.29 is 31.8 Å². The standard InChI is InChI=1S/C14H13F4NO3/c1-8(20)9-7-19(5-6-21-2)13-10(15)3-4-11(12(9)13)22-14(16,17)18/h3-4,7H,5-6H2,1-2H3. The monoisotopic (exact) mass is 319 g/mol. The van der Waals surface area contributed by atoms with E-state index in [9.17, 15) is 22.4 Å². The van der Waals surface area contributed by atoms with Crippen LogP contribution < -0.4 is 4.74 Å². The second-order valence-corrected chi connectivity index (χ2v) is 4.60. The average molecular weight is 319 g/mol. The number of carbonyl (C=O) groups is 1. The number of ketones is 1. The van der Waals surface area contributed by atoms with Crippen molar-refractivity contribution in [3.8, 4) is 5.75 Å². The highest BCUT2D eigenvalue weighted by Gasteiger charge is 2.33. The van der Waals surface area contributed by atoms with Gasteiger partial charge in [0.05, 0.1) is 17.5 Å². The molecule has 0 amide bonds. The molecule has 4 nitrogen and oxygen atoms in total. The molecule has 0 radical (unpaired) electrons. The number of hydrogen-bond donors (Lipinski definition) is 0. The van der Waals surface area contributed by atoms with Crippen LogP contribution in [0.25, 0.3) is 10.9 Å². The van der Waals surface area contributed by atoms with Crippen molar-refractivity contribution in [3.63, 3.8) is 0 Å². The van der Waals surface area contributed by atoms with Gasteiger partial charge in [0.25, 0.3) is 0 Å². The average Bonchev–Trinajstić information content (AvgIpc) is 2.79. The molecule has 0 unspecified atom stereocenters. The maximum atomic E-state index is 14.1. The van der Waals surface area contributed by atoms with Gasteiger partial charge in [-0.3, -0.25) is 4.79 Å². The van der Waals surface area contributed by atoms with Gasteiger partial charge in [-0.25, -0.2) is 4.39 Å². The summed E-state index contributed by atoms with van der Waals surface area (Å²) in [6, 6.07) is 1.73. The normalized spacial score (nSPS) is 11.9. The van der Waals surface area contributed by atoms with Crippen LogP contribution in [-0.2, 0) is 11.3 Å². The van der Waals surface area contributed by atoms with E-state index < -0.39 is 23.7 Å². The minimum atomic E-state index is -4.94. The predicted octanol–water partition coefficient (Wildman–Crippen LogP) is 3.53. The summed E-state index contributed by atoms with van der Waals surface area (Å²) in [6.45, 7) is 1.59. The van der Waals surface area contributed by atoms with Crippen LogP contribution >= 0.6 is 0 Å². The van der Waals surface area contributed by atoms with E-state index in [-0.39, 0.29) is 29.6 Å². The van der Waals surface area contributed by atoms with Gasteiger partial charge in [0.15, 0.2) is 5.78 Å². The molecule has 2 aromatic rings. The Morgan fingerprint density at radius 3 is 2.55 bits per heavy atom. The lowest BCUT2D eigenvalue weighted by Gasteiger charge is -2.11. The zero-order valence-corrected chi connectivity index (χ0v) is 11.8. The van der Waals surface area contributed by atoms with Gasteiger partial charge in [-0.15, -0.1) is 13.2 Å². The van der Waals surface area contributed by atoms with Gasteiger partial charge in [0.1, 0.15) is 11.6 Å².